The lowest BCUT2D eigenvalue weighted by atomic mass is 10.0. The van der Waals surface area contributed by atoms with Crippen molar-refractivity contribution < 1.29 is 56.6 Å². The number of benzene rings is 2. The van der Waals surface area contributed by atoms with Crippen LogP contribution in [0.3, 0.4) is 0 Å². The second-order valence-electron chi connectivity index (χ2n) is 12.2. The summed E-state index contributed by atoms with van der Waals surface area (Å²) in [5.74, 6) is 0.249. The molecule has 2 fully saturated rings. The van der Waals surface area contributed by atoms with Gasteiger partial charge in [-0.2, -0.15) is 4.31 Å². The predicted octanol–water partition coefficient (Wildman–Crippen LogP) is 2.77. The van der Waals surface area contributed by atoms with Crippen molar-refractivity contribution in [2.45, 2.75) is 69.0 Å². The van der Waals surface area contributed by atoms with Crippen molar-refractivity contribution in [2.75, 3.05) is 39.7 Å². The van der Waals surface area contributed by atoms with Crippen LogP contribution >= 0.6 is 0 Å². The number of nitrogens with one attached hydrogen (secondary N) is 1. The number of hydrogen-bond acceptors (Lipinski definition) is 11. The van der Waals surface area contributed by atoms with Crippen LogP contribution < -0.4 is 19.5 Å². The molecule has 47 heavy (non-hydrogen) atoms. The number of nitrogens with zero attached hydrogens (tertiary/aromatic N) is 1. The summed E-state index contributed by atoms with van der Waals surface area (Å²) < 4.78 is 62.1. The van der Waals surface area contributed by atoms with E-state index in [1.807, 2.05) is 13.8 Å². The van der Waals surface area contributed by atoms with E-state index in [-0.39, 0.29) is 62.7 Å². The Morgan fingerprint density at radius 2 is 1.83 bits per heavy atom. The molecule has 3 N–H and O–H groups in total. The topological polar surface area (TPSA) is 179 Å². The van der Waals surface area contributed by atoms with E-state index in [0.717, 1.165) is 5.56 Å². The number of fused-ring (bicyclic) bond motifs is 2. The fourth-order valence-electron chi connectivity index (χ4n) is 5.74. The number of aliphatic hydroxyl groups excluding tert-OH is 1. The average molecular weight is 679 g/mol. The van der Waals surface area contributed by atoms with Gasteiger partial charge < -0.3 is 44.0 Å². The average Bonchev–Trinajstić information content (AvgIpc) is 3.78. The van der Waals surface area contributed by atoms with Crippen LogP contribution in [0, 0.1) is 11.8 Å². The largest absolute Gasteiger partial charge is 0.494 e. The van der Waals surface area contributed by atoms with Crippen molar-refractivity contribution in [1.82, 2.24) is 9.62 Å². The van der Waals surface area contributed by atoms with Gasteiger partial charge in [0.15, 0.2) is 17.8 Å². The van der Waals surface area contributed by atoms with Crippen LogP contribution in [0.25, 0.3) is 0 Å². The molecular formula is C32H42N2O12S. The summed E-state index contributed by atoms with van der Waals surface area (Å²) in [6, 6.07) is 10.4. The van der Waals surface area contributed by atoms with Gasteiger partial charge in [0.05, 0.1) is 42.8 Å². The lowest BCUT2D eigenvalue weighted by Crippen LogP contribution is -2.51. The molecule has 3 aliphatic rings. The molecule has 2 aromatic carbocycles. The van der Waals surface area contributed by atoms with Gasteiger partial charge >= 0.3 is 12.1 Å². The van der Waals surface area contributed by atoms with E-state index in [4.69, 9.17) is 33.5 Å². The first kappa shape index (κ1) is 34.7. The number of sulfonamides is 1. The fraction of sp³-hybridized carbons (Fsp3) is 0.562. The Morgan fingerprint density at radius 1 is 1.06 bits per heavy atom. The van der Waals surface area contributed by atoms with Gasteiger partial charge in [-0.15, -0.1) is 0 Å². The van der Waals surface area contributed by atoms with Gasteiger partial charge in [-0.1, -0.05) is 26.0 Å². The zero-order chi connectivity index (χ0) is 33.6. The van der Waals surface area contributed by atoms with Gasteiger partial charge in [0, 0.05) is 25.6 Å². The van der Waals surface area contributed by atoms with Gasteiger partial charge in [-0.05, 0) is 55.0 Å². The Bertz CT molecular complexity index is 1490. The number of carboxylic acids is 1. The minimum Gasteiger partial charge on any atom is -0.494 e. The lowest BCUT2D eigenvalue weighted by molar-refractivity contribution is -0.137. The van der Waals surface area contributed by atoms with E-state index < -0.39 is 46.6 Å². The highest BCUT2D eigenvalue weighted by molar-refractivity contribution is 7.89. The second kappa shape index (κ2) is 15.5. The maximum Gasteiger partial charge on any atom is 0.407 e. The molecule has 0 saturated carbocycles. The molecule has 0 spiro atoms. The summed E-state index contributed by atoms with van der Waals surface area (Å²) in [7, 11) is -4.09. The number of aliphatic carboxylic acids is 1. The predicted molar refractivity (Wildman–Crippen MR) is 166 cm³/mol. The molecule has 15 heteroatoms. The molecule has 2 aromatic rings. The zero-order valence-electron chi connectivity index (χ0n) is 26.4. The third-order valence-corrected chi connectivity index (χ3v) is 9.96. The van der Waals surface area contributed by atoms with Crippen molar-refractivity contribution >= 4 is 22.1 Å². The third-order valence-electron chi connectivity index (χ3n) is 8.14. The Kier molecular flexibility index (Phi) is 11.5. The molecule has 2 saturated heterocycles. The van der Waals surface area contributed by atoms with E-state index in [2.05, 4.69) is 5.32 Å². The van der Waals surface area contributed by atoms with Gasteiger partial charge in [0.1, 0.15) is 11.9 Å². The van der Waals surface area contributed by atoms with Gasteiger partial charge in [0.2, 0.25) is 16.8 Å². The number of amides is 1. The second-order valence-corrected chi connectivity index (χ2v) is 14.1. The molecule has 1 amide bonds. The molecule has 5 rings (SSSR count). The Labute approximate surface area is 273 Å². The molecular weight excluding hydrogens is 636 g/mol. The number of rotatable bonds is 16. The first-order valence-corrected chi connectivity index (χ1v) is 17.2. The van der Waals surface area contributed by atoms with Crippen LogP contribution in [0.5, 0.6) is 17.2 Å². The number of hydrogen-bond donors (Lipinski definition) is 3. The Balaban J connectivity index is 1.31. The van der Waals surface area contributed by atoms with Crippen LogP contribution in [0.1, 0.15) is 38.7 Å². The highest BCUT2D eigenvalue weighted by Gasteiger charge is 2.44. The van der Waals surface area contributed by atoms with Crippen LogP contribution in [0.2, 0.25) is 0 Å². The highest BCUT2D eigenvalue weighted by atomic mass is 32.2. The minimum atomic E-state index is -4.09. The van der Waals surface area contributed by atoms with Gasteiger partial charge in [0.25, 0.3) is 0 Å². The Hall–Kier alpha value is -3.63. The van der Waals surface area contributed by atoms with Gasteiger partial charge in [-0.25, -0.2) is 13.2 Å². The number of carbonyl (C=O) groups excluding carboxylic acids is 1. The van der Waals surface area contributed by atoms with E-state index in [1.165, 1.54) is 22.5 Å². The van der Waals surface area contributed by atoms with Crippen LogP contribution in [0.4, 0.5) is 4.79 Å². The van der Waals surface area contributed by atoms with E-state index in [1.54, 1.807) is 24.3 Å². The van der Waals surface area contributed by atoms with Crippen molar-refractivity contribution in [3.05, 3.63) is 48.0 Å². The number of ether oxygens (including phenoxy) is 6. The van der Waals surface area contributed by atoms with Crippen LogP contribution in [0.15, 0.2) is 47.4 Å². The summed E-state index contributed by atoms with van der Waals surface area (Å²) in [6.45, 7) is 4.49. The summed E-state index contributed by atoms with van der Waals surface area (Å²) >= 11 is 0. The minimum absolute atomic E-state index is 0.000950. The number of carbonyl (C=O) groups is 2. The van der Waals surface area contributed by atoms with E-state index in [9.17, 15) is 23.1 Å². The molecule has 0 radical (unpaired) electrons. The maximum atomic E-state index is 13.9. The molecule has 258 valence electrons. The molecule has 5 atom stereocenters. The fourth-order valence-corrected chi connectivity index (χ4v) is 7.38. The van der Waals surface area contributed by atoms with Crippen LogP contribution in [-0.2, 0) is 35.4 Å². The summed E-state index contributed by atoms with van der Waals surface area (Å²) in [6.07, 6.45) is -1.82. The quantitative estimate of drug-likeness (QED) is 0.222. The summed E-state index contributed by atoms with van der Waals surface area (Å²) in [5, 5.41) is 23.2. The normalized spacial score (nSPS) is 21.4. The van der Waals surface area contributed by atoms with E-state index >= 15 is 0 Å². The standard InChI is InChI=1S/C32H42N2O12S/c1-20(2)16-34(47(39,40)23-9-10-27-28(15-23)45-19-44-27)17-26(35)25(33-32(38)46-29-18-43-31-24(29)11-13-42-31)14-21-5-7-22(8-6-21)41-12-3-4-30(36)37/h5-10,15,20,24-26,29,31,35H,3-4,11-14,16-19H2,1-2H3,(H,33,38)(H,36,37)/t24-,25-,26+,29+,31+/m0/s1. The van der Waals surface area contributed by atoms with E-state index in [0.29, 0.717) is 36.7 Å². The molecule has 0 aromatic heterocycles. The first-order chi connectivity index (χ1) is 22.5. The molecule has 3 heterocycles. The SMILES string of the molecule is CC(C)CN(C[C@@H](O)[C@H](Cc1ccc(OCCCC(=O)O)cc1)NC(=O)O[C@@H]1CO[C@H]2OCC[C@H]21)S(=O)(=O)c1ccc2c(c1)OCO2. The number of alkyl carbamates (subject to hydrolysis) is 1. The molecule has 0 aliphatic carbocycles. The van der Waals surface area contributed by atoms with Crippen molar-refractivity contribution in [3.63, 3.8) is 0 Å². The lowest BCUT2D eigenvalue weighted by Gasteiger charge is -2.31. The third kappa shape index (κ3) is 9.05. The highest BCUT2D eigenvalue weighted by Crippen LogP contribution is 2.35. The first-order valence-electron chi connectivity index (χ1n) is 15.7. The molecule has 3 aliphatic heterocycles. The summed E-state index contributed by atoms with van der Waals surface area (Å²) in [5.41, 5.74) is 0.731. The molecule has 14 nitrogen and oxygen atoms in total. The summed E-state index contributed by atoms with van der Waals surface area (Å²) in [4.78, 5) is 23.9. The maximum absolute atomic E-state index is 13.9. The number of carboxylic acid groups (broad SMARTS) is 1. The van der Waals surface area contributed by atoms with Crippen molar-refractivity contribution in [1.29, 1.82) is 0 Å². The van der Waals surface area contributed by atoms with Crippen molar-refractivity contribution in [3.8, 4) is 17.2 Å². The molecule has 0 bridgehead atoms. The number of aliphatic hydroxyl groups is 1. The van der Waals surface area contributed by atoms with Gasteiger partial charge in [-0.3, -0.25) is 4.79 Å². The van der Waals surface area contributed by atoms with Crippen LogP contribution in [-0.4, -0.2) is 99.2 Å². The molecule has 0 unspecified atom stereocenters. The monoisotopic (exact) mass is 678 g/mol. The Morgan fingerprint density at radius 3 is 2.57 bits per heavy atom. The smallest absolute Gasteiger partial charge is 0.407 e. The van der Waals surface area contributed by atoms with Crippen molar-refractivity contribution in [2.24, 2.45) is 11.8 Å². The zero-order valence-corrected chi connectivity index (χ0v) is 27.2.